The maximum Gasteiger partial charge on any atom is 0.270 e. The van der Waals surface area contributed by atoms with Crippen molar-refractivity contribution in [1.29, 1.82) is 0 Å². The fraction of sp³-hybridized carbons (Fsp3) is 0.348. The maximum absolute atomic E-state index is 13.6. The van der Waals surface area contributed by atoms with E-state index in [9.17, 15) is 9.18 Å². The number of rotatable bonds is 3. The van der Waals surface area contributed by atoms with Crippen LogP contribution in [0.5, 0.6) is 0 Å². The van der Waals surface area contributed by atoms with Gasteiger partial charge < -0.3 is 14.8 Å². The highest BCUT2D eigenvalue weighted by atomic mass is 19.1. The molecule has 3 aromatic rings. The number of likely N-dealkylation sites (tertiary alicyclic amines) is 1. The smallest absolute Gasteiger partial charge is 0.270 e. The number of halogens is 1. The number of aromatic nitrogens is 1. The zero-order valence-electron chi connectivity index (χ0n) is 16.8. The molecule has 1 aliphatic rings. The van der Waals surface area contributed by atoms with Crippen molar-refractivity contribution in [2.24, 2.45) is 0 Å². The van der Waals surface area contributed by atoms with E-state index in [0.717, 1.165) is 16.5 Å². The van der Waals surface area contributed by atoms with Gasteiger partial charge in [0.1, 0.15) is 11.5 Å². The number of hydrogen-bond donors (Lipinski definition) is 1. The zero-order chi connectivity index (χ0) is 20.0. The third-order valence-corrected chi connectivity index (χ3v) is 5.98. The number of nitrogens with zero attached hydrogens (tertiary/aromatic N) is 2. The molecule has 2 heterocycles. The Hall–Kier alpha value is -2.66. The Labute approximate surface area is 165 Å². The monoisotopic (exact) mass is 379 g/mol. The van der Waals surface area contributed by atoms with Gasteiger partial charge in [-0.15, -0.1) is 0 Å². The first-order valence-corrected chi connectivity index (χ1v) is 9.65. The maximum atomic E-state index is 13.6. The van der Waals surface area contributed by atoms with Crippen molar-refractivity contribution in [2.45, 2.75) is 25.8 Å². The van der Waals surface area contributed by atoms with Gasteiger partial charge in [-0.2, -0.15) is 0 Å². The van der Waals surface area contributed by atoms with Crippen molar-refractivity contribution in [3.8, 4) is 0 Å². The Morgan fingerprint density at radius 1 is 1.11 bits per heavy atom. The molecular formula is C23H26FN3O. The summed E-state index contributed by atoms with van der Waals surface area (Å²) in [6, 6.07) is 13.4. The lowest BCUT2D eigenvalue weighted by atomic mass is 9.93. The van der Waals surface area contributed by atoms with Gasteiger partial charge in [-0.3, -0.25) is 4.79 Å². The summed E-state index contributed by atoms with van der Waals surface area (Å²) in [5.41, 5.74) is 4.65. The first-order chi connectivity index (χ1) is 13.3. The number of aryl methyl sites for hydroxylation is 2. The highest BCUT2D eigenvalue weighted by Gasteiger charge is 2.38. The minimum absolute atomic E-state index is 0.0180. The summed E-state index contributed by atoms with van der Waals surface area (Å²) in [5.74, 6) is -0.0425. The summed E-state index contributed by atoms with van der Waals surface area (Å²) in [4.78, 5) is 20.6. The van der Waals surface area contributed by atoms with E-state index in [1.54, 1.807) is 6.07 Å². The predicted octanol–water partition coefficient (Wildman–Crippen LogP) is 4.09. The number of fused-ring (bicyclic) bond motifs is 1. The highest BCUT2D eigenvalue weighted by molar-refractivity contribution is 6.01. The third-order valence-electron chi connectivity index (χ3n) is 5.98. The second kappa shape index (κ2) is 7.06. The van der Waals surface area contributed by atoms with Crippen LogP contribution < -0.4 is 0 Å². The molecule has 0 saturated carbocycles. The third kappa shape index (κ3) is 3.20. The van der Waals surface area contributed by atoms with Gasteiger partial charge in [-0.05, 0) is 57.3 Å². The lowest BCUT2D eigenvalue weighted by Crippen LogP contribution is -2.36. The molecule has 1 fully saturated rings. The summed E-state index contributed by atoms with van der Waals surface area (Å²) < 4.78 is 13.6. The van der Waals surface area contributed by atoms with Gasteiger partial charge >= 0.3 is 0 Å². The van der Waals surface area contributed by atoms with Gasteiger partial charge in [0.05, 0.1) is 0 Å². The molecule has 1 N–H and O–H groups in total. The molecular weight excluding hydrogens is 353 g/mol. The van der Waals surface area contributed by atoms with Crippen molar-refractivity contribution in [1.82, 2.24) is 14.8 Å². The molecule has 28 heavy (non-hydrogen) atoms. The fourth-order valence-electron chi connectivity index (χ4n) is 4.29. The molecule has 1 aliphatic heterocycles. The standard InChI is InChI=1S/C23H26FN3O/c1-14-5-7-16(8-6-14)19-12-27(13-21(19)26(3)4)23(28)22-15(2)18-11-17(24)9-10-20(18)25-22/h5-11,19,21,25H,12-13H2,1-4H3. The van der Waals surface area contributed by atoms with Crippen LogP contribution in [0, 0.1) is 19.7 Å². The molecule has 4 rings (SSSR count). The molecule has 0 aliphatic carbocycles. The summed E-state index contributed by atoms with van der Waals surface area (Å²) in [6.45, 7) is 5.31. The van der Waals surface area contributed by atoms with Crippen LogP contribution in [0.4, 0.5) is 4.39 Å². The summed E-state index contributed by atoms with van der Waals surface area (Å²) >= 11 is 0. The molecule has 0 bridgehead atoms. The molecule has 4 nitrogen and oxygen atoms in total. The summed E-state index contributed by atoms with van der Waals surface area (Å²) in [7, 11) is 4.13. The fourth-order valence-corrected chi connectivity index (χ4v) is 4.29. The molecule has 2 unspecified atom stereocenters. The SMILES string of the molecule is Cc1ccc(C2CN(C(=O)c3[nH]c4ccc(F)cc4c3C)CC2N(C)C)cc1. The van der Waals surface area contributed by atoms with E-state index in [1.165, 1.54) is 23.3 Å². The molecule has 2 atom stereocenters. The number of benzene rings is 2. The van der Waals surface area contributed by atoms with Crippen molar-refractivity contribution in [2.75, 3.05) is 27.2 Å². The lowest BCUT2D eigenvalue weighted by molar-refractivity contribution is 0.0777. The molecule has 0 spiro atoms. The van der Waals surface area contributed by atoms with E-state index in [1.807, 2.05) is 11.8 Å². The highest BCUT2D eigenvalue weighted by Crippen LogP contribution is 2.32. The van der Waals surface area contributed by atoms with Gasteiger partial charge in [-0.1, -0.05) is 29.8 Å². The Morgan fingerprint density at radius 2 is 1.82 bits per heavy atom. The Balaban J connectivity index is 1.65. The van der Waals surface area contributed by atoms with E-state index in [2.05, 4.69) is 55.2 Å². The van der Waals surface area contributed by atoms with E-state index in [4.69, 9.17) is 0 Å². The van der Waals surface area contributed by atoms with Crippen LogP contribution in [-0.2, 0) is 0 Å². The minimum atomic E-state index is -0.290. The topological polar surface area (TPSA) is 39.3 Å². The average Bonchev–Trinajstić information content (AvgIpc) is 3.24. The molecule has 5 heteroatoms. The first kappa shape index (κ1) is 18.7. The van der Waals surface area contributed by atoms with Crippen molar-refractivity contribution >= 4 is 16.8 Å². The van der Waals surface area contributed by atoms with E-state index >= 15 is 0 Å². The van der Waals surface area contributed by atoms with Gasteiger partial charge in [0.25, 0.3) is 5.91 Å². The minimum Gasteiger partial charge on any atom is -0.350 e. The molecule has 1 aromatic heterocycles. The normalized spacial score (nSPS) is 19.7. The molecule has 1 saturated heterocycles. The van der Waals surface area contributed by atoms with Gasteiger partial charge in [0.15, 0.2) is 0 Å². The van der Waals surface area contributed by atoms with Crippen LogP contribution >= 0.6 is 0 Å². The lowest BCUT2D eigenvalue weighted by Gasteiger charge is -2.25. The van der Waals surface area contributed by atoms with E-state index in [-0.39, 0.29) is 23.7 Å². The number of nitrogens with one attached hydrogen (secondary N) is 1. The van der Waals surface area contributed by atoms with Crippen LogP contribution in [-0.4, -0.2) is 53.9 Å². The van der Waals surface area contributed by atoms with Crippen molar-refractivity contribution in [3.63, 3.8) is 0 Å². The number of hydrogen-bond acceptors (Lipinski definition) is 2. The second-order valence-corrected chi connectivity index (χ2v) is 8.07. The number of carbonyl (C=O) groups excluding carboxylic acids is 1. The number of likely N-dealkylation sites (N-methyl/N-ethyl adjacent to an activating group) is 1. The molecule has 2 aromatic carbocycles. The first-order valence-electron chi connectivity index (χ1n) is 9.65. The summed E-state index contributed by atoms with van der Waals surface area (Å²) in [5, 5.41) is 0.766. The Bertz CT molecular complexity index is 1020. The second-order valence-electron chi connectivity index (χ2n) is 8.07. The average molecular weight is 379 g/mol. The van der Waals surface area contributed by atoms with E-state index < -0.39 is 0 Å². The van der Waals surface area contributed by atoms with Crippen LogP contribution in [0.25, 0.3) is 10.9 Å². The number of H-pyrrole nitrogens is 1. The van der Waals surface area contributed by atoms with Crippen molar-refractivity contribution < 1.29 is 9.18 Å². The Kier molecular flexibility index (Phi) is 4.71. The van der Waals surface area contributed by atoms with Crippen LogP contribution in [0.2, 0.25) is 0 Å². The molecule has 146 valence electrons. The quantitative estimate of drug-likeness (QED) is 0.744. The Morgan fingerprint density at radius 3 is 2.50 bits per heavy atom. The van der Waals surface area contributed by atoms with Crippen LogP contribution in [0.15, 0.2) is 42.5 Å². The van der Waals surface area contributed by atoms with Gasteiger partial charge in [0.2, 0.25) is 0 Å². The number of amides is 1. The number of carbonyl (C=O) groups is 1. The molecule has 1 amide bonds. The van der Waals surface area contributed by atoms with Gasteiger partial charge in [-0.25, -0.2) is 4.39 Å². The van der Waals surface area contributed by atoms with Crippen LogP contribution in [0.3, 0.4) is 0 Å². The largest absolute Gasteiger partial charge is 0.350 e. The number of aromatic amines is 1. The predicted molar refractivity (Wildman–Crippen MR) is 110 cm³/mol. The van der Waals surface area contributed by atoms with Crippen LogP contribution in [0.1, 0.15) is 33.1 Å². The molecule has 0 radical (unpaired) electrons. The zero-order valence-corrected chi connectivity index (χ0v) is 16.8. The van der Waals surface area contributed by atoms with Crippen molar-refractivity contribution in [3.05, 3.63) is 70.7 Å². The van der Waals surface area contributed by atoms with E-state index in [0.29, 0.717) is 18.8 Å². The summed E-state index contributed by atoms with van der Waals surface area (Å²) in [6.07, 6.45) is 0. The van der Waals surface area contributed by atoms with Gasteiger partial charge in [0, 0.05) is 36.0 Å².